The van der Waals surface area contributed by atoms with Crippen molar-refractivity contribution in [3.63, 3.8) is 0 Å². The Labute approximate surface area is 257 Å². The molecule has 2 fully saturated rings. The van der Waals surface area contributed by atoms with E-state index in [1.54, 1.807) is 25.7 Å². The summed E-state index contributed by atoms with van der Waals surface area (Å²) in [7, 11) is 1.59. The Morgan fingerprint density at radius 2 is 1.84 bits per heavy atom. The predicted molar refractivity (Wildman–Crippen MR) is 168 cm³/mol. The number of aryl methyl sites for hydroxylation is 1. The van der Waals surface area contributed by atoms with Crippen LogP contribution in [0.3, 0.4) is 0 Å². The van der Waals surface area contributed by atoms with Gasteiger partial charge in [-0.25, -0.2) is 15.0 Å². The molecule has 12 nitrogen and oxygen atoms in total. The van der Waals surface area contributed by atoms with E-state index >= 15 is 0 Å². The number of methoxy groups -OCH3 is 1. The molecule has 0 radical (unpaired) electrons. The molecule has 0 bridgehead atoms. The highest BCUT2D eigenvalue weighted by Crippen LogP contribution is 2.35. The summed E-state index contributed by atoms with van der Waals surface area (Å²) in [6.45, 7) is 11.7. The molecule has 1 aliphatic carbocycles. The Morgan fingerprint density at radius 1 is 1.07 bits per heavy atom. The van der Waals surface area contributed by atoms with Crippen molar-refractivity contribution in [1.29, 1.82) is 0 Å². The Morgan fingerprint density at radius 3 is 2.57 bits per heavy atom. The van der Waals surface area contributed by atoms with Crippen LogP contribution in [0.25, 0.3) is 5.82 Å². The van der Waals surface area contributed by atoms with E-state index in [2.05, 4.69) is 56.6 Å². The molecule has 3 N–H and O–H groups in total. The second-order valence-corrected chi connectivity index (χ2v) is 12.3. The number of amides is 1. The lowest BCUT2D eigenvalue weighted by molar-refractivity contribution is 0.0337. The average molecular weight is 601 g/mol. The molecular formula is C32H40N8O4. The van der Waals surface area contributed by atoms with Crippen molar-refractivity contribution >= 4 is 29.0 Å². The molecule has 4 heterocycles. The fourth-order valence-electron chi connectivity index (χ4n) is 5.39. The van der Waals surface area contributed by atoms with Gasteiger partial charge in [-0.2, -0.15) is 0 Å². The number of carbonyl (C=O) groups is 1. The standard InChI is InChI=1S/C32H40N8O4/c1-20-28(25(29(44-20)32(2,3)4)18-39-10-12-43-13-11-39)30(41)37-22-14-23(16-24(15-22)42-5)38-31-33-8-9-40(31)27-17-26(34-19-35-27)36-21-6-7-21/h8-9,14-17,19,21H,6-7,10-13,18H2,1-5H3,(H,33,38)(H,37,41)(H,34,35,36). The first-order valence-electron chi connectivity index (χ1n) is 15.0. The number of hydrogen-bond acceptors (Lipinski definition) is 10. The van der Waals surface area contributed by atoms with Gasteiger partial charge in [0, 0.05) is 78.6 Å². The first-order chi connectivity index (χ1) is 21.2. The van der Waals surface area contributed by atoms with Gasteiger partial charge in [0.25, 0.3) is 5.91 Å². The van der Waals surface area contributed by atoms with Crippen molar-refractivity contribution < 1.29 is 18.7 Å². The second-order valence-electron chi connectivity index (χ2n) is 12.3. The van der Waals surface area contributed by atoms with Crippen LogP contribution < -0.4 is 20.7 Å². The Hall–Kier alpha value is -4.42. The second kappa shape index (κ2) is 12.3. The lowest BCUT2D eigenvalue weighted by Gasteiger charge is -2.28. The number of hydrogen-bond donors (Lipinski definition) is 3. The molecule has 6 rings (SSSR count). The number of nitrogens with zero attached hydrogens (tertiary/aromatic N) is 5. The molecule has 4 aromatic rings. The van der Waals surface area contributed by atoms with E-state index in [1.165, 1.54) is 0 Å². The van der Waals surface area contributed by atoms with Gasteiger partial charge in [-0.05, 0) is 25.8 Å². The van der Waals surface area contributed by atoms with Crippen molar-refractivity contribution in [3.8, 4) is 11.6 Å². The molecule has 232 valence electrons. The fraction of sp³-hybridized carbons (Fsp3) is 0.438. The summed E-state index contributed by atoms with van der Waals surface area (Å²) in [5, 5.41) is 9.86. The van der Waals surface area contributed by atoms with Crippen LogP contribution in [-0.4, -0.2) is 69.8 Å². The van der Waals surface area contributed by atoms with Gasteiger partial charge in [-0.15, -0.1) is 0 Å². The highest BCUT2D eigenvalue weighted by Gasteiger charge is 2.31. The Balaban J connectivity index is 1.26. The number of imidazole rings is 1. The van der Waals surface area contributed by atoms with E-state index in [1.807, 2.05) is 35.9 Å². The number of aromatic nitrogens is 4. The van der Waals surface area contributed by atoms with E-state index in [0.29, 0.717) is 66.0 Å². The summed E-state index contributed by atoms with van der Waals surface area (Å²) in [6.07, 6.45) is 7.38. The lowest BCUT2D eigenvalue weighted by Crippen LogP contribution is -2.36. The zero-order valence-electron chi connectivity index (χ0n) is 25.9. The van der Waals surface area contributed by atoms with Gasteiger partial charge in [0.2, 0.25) is 5.95 Å². The summed E-state index contributed by atoms with van der Waals surface area (Å²) in [6, 6.07) is 7.86. The van der Waals surface area contributed by atoms with Crippen LogP contribution in [0.1, 0.15) is 61.1 Å². The molecule has 0 atom stereocenters. The van der Waals surface area contributed by atoms with Crippen LogP contribution in [0.4, 0.5) is 23.1 Å². The number of ether oxygens (including phenoxy) is 2. The number of morpholine rings is 1. The summed E-state index contributed by atoms with van der Waals surface area (Å²) >= 11 is 0. The molecule has 2 aliphatic rings. The van der Waals surface area contributed by atoms with E-state index in [-0.39, 0.29) is 11.3 Å². The molecular weight excluding hydrogens is 560 g/mol. The zero-order valence-corrected chi connectivity index (χ0v) is 25.9. The van der Waals surface area contributed by atoms with Crippen molar-refractivity contribution in [2.45, 2.75) is 58.5 Å². The third kappa shape index (κ3) is 6.71. The van der Waals surface area contributed by atoms with Gasteiger partial charge in [0.15, 0.2) is 0 Å². The smallest absolute Gasteiger partial charge is 0.259 e. The molecule has 1 aromatic carbocycles. The molecule has 1 saturated carbocycles. The Bertz CT molecular complexity index is 1630. The Kier molecular flexibility index (Phi) is 8.28. The van der Waals surface area contributed by atoms with Crippen molar-refractivity contribution in [2.24, 2.45) is 0 Å². The minimum absolute atomic E-state index is 0.234. The van der Waals surface area contributed by atoms with E-state index < -0.39 is 0 Å². The molecule has 3 aromatic heterocycles. The largest absolute Gasteiger partial charge is 0.497 e. The van der Waals surface area contributed by atoms with Crippen LogP contribution in [0.15, 0.2) is 47.4 Å². The molecule has 12 heteroatoms. The highest BCUT2D eigenvalue weighted by molar-refractivity contribution is 6.06. The first kappa shape index (κ1) is 29.6. The van der Waals surface area contributed by atoms with Crippen LogP contribution >= 0.6 is 0 Å². The minimum Gasteiger partial charge on any atom is -0.497 e. The monoisotopic (exact) mass is 600 g/mol. The van der Waals surface area contributed by atoms with Gasteiger partial charge < -0.3 is 29.8 Å². The molecule has 44 heavy (non-hydrogen) atoms. The topological polar surface area (TPSA) is 132 Å². The van der Waals surface area contributed by atoms with Gasteiger partial charge in [0.1, 0.15) is 35.2 Å². The average Bonchev–Trinajstić information content (AvgIpc) is 3.57. The van der Waals surface area contributed by atoms with E-state index in [9.17, 15) is 4.79 Å². The number of carbonyl (C=O) groups excluding carboxylic acids is 1. The van der Waals surface area contributed by atoms with Crippen molar-refractivity contribution in [2.75, 3.05) is 49.4 Å². The zero-order chi connectivity index (χ0) is 30.8. The summed E-state index contributed by atoms with van der Waals surface area (Å²) in [5.41, 5.74) is 2.47. The van der Waals surface area contributed by atoms with Crippen LogP contribution in [0.2, 0.25) is 0 Å². The van der Waals surface area contributed by atoms with Gasteiger partial charge in [-0.3, -0.25) is 14.3 Å². The maximum absolute atomic E-state index is 13.9. The van der Waals surface area contributed by atoms with Crippen LogP contribution in [0.5, 0.6) is 5.75 Å². The van der Waals surface area contributed by atoms with Crippen molar-refractivity contribution in [3.05, 3.63) is 65.6 Å². The van der Waals surface area contributed by atoms with Crippen LogP contribution in [0, 0.1) is 6.92 Å². The summed E-state index contributed by atoms with van der Waals surface area (Å²) < 4.78 is 19.2. The normalized spacial score (nSPS) is 15.7. The summed E-state index contributed by atoms with van der Waals surface area (Å²) in [4.78, 5) is 29.5. The number of nitrogens with one attached hydrogen (secondary N) is 3. The maximum atomic E-state index is 13.9. The van der Waals surface area contributed by atoms with Crippen molar-refractivity contribution in [1.82, 2.24) is 24.4 Å². The molecule has 1 aliphatic heterocycles. The van der Waals surface area contributed by atoms with Gasteiger partial charge in [-0.1, -0.05) is 20.8 Å². The lowest BCUT2D eigenvalue weighted by atomic mass is 9.88. The SMILES string of the molecule is COc1cc(NC(=O)c2c(C)oc(C(C)(C)C)c2CN2CCOCC2)cc(Nc2nccn2-c2cc(NC3CC3)ncn2)c1. The highest BCUT2D eigenvalue weighted by atomic mass is 16.5. The van der Waals surface area contributed by atoms with E-state index in [0.717, 1.165) is 43.1 Å². The minimum atomic E-state index is -0.266. The molecule has 1 amide bonds. The number of anilines is 4. The van der Waals surface area contributed by atoms with Gasteiger partial charge in [0.05, 0.1) is 25.9 Å². The van der Waals surface area contributed by atoms with Crippen LogP contribution in [-0.2, 0) is 16.7 Å². The quantitative estimate of drug-likeness (QED) is 0.221. The maximum Gasteiger partial charge on any atom is 0.259 e. The fourth-order valence-corrected chi connectivity index (χ4v) is 5.39. The third-order valence-electron chi connectivity index (χ3n) is 7.70. The predicted octanol–water partition coefficient (Wildman–Crippen LogP) is 5.27. The summed E-state index contributed by atoms with van der Waals surface area (Å²) in [5.74, 6) is 3.78. The number of rotatable bonds is 10. The molecule has 1 saturated heterocycles. The molecule has 0 spiro atoms. The first-order valence-corrected chi connectivity index (χ1v) is 15.0. The number of furan rings is 1. The molecule has 0 unspecified atom stereocenters. The van der Waals surface area contributed by atoms with E-state index in [4.69, 9.17) is 13.9 Å². The number of benzene rings is 1. The van der Waals surface area contributed by atoms with Gasteiger partial charge >= 0.3 is 0 Å². The third-order valence-corrected chi connectivity index (χ3v) is 7.70.